The predicted octanol–water partition coefficient (Wildman–Crippen LogP) is 2.46. The number of hydrogen-bond acceptors (Lipinski definition) is 2. The van der Waals surface area contributed by atoms with Crippen LogP contribution < -0.4 is 5.32 Å². The molecule has 1 aromatic rings. The van der Waals surface area contributed by atoms with Gasteiger partial charge in [0.1, 0.15) is 5.82 Å². The van der Waals surface area contributed by atoms with Gasteiger partial charge in [0.05, 0.1) is 5.02 Å². The molecule has 0 fully saturated rings. The molecule has 0 bridgehead atoms. The van der Waals surface area contributed by atoms with Crippen molar-refractivity contribution in [1.82, 2.24) is 5.32 Å². The van der Waals surface area contributed by atoms with Crippen molar-refractivity contribution in [3.63, 3.8) is 0 Å². The smallest absolute Gasteiger partial charge is 0.220 e. The molecule has 0 radical (unpaired) electrons. The summed E-state index contributed by atoms with van der Waals surface area (Å²) in [6, 6.07) is 4.56. The molecule has 0 aromatic heterocycles. The van der Waals surface area contributed by atoms with Crippen LogP contribution in [0.2, 0.25) is 5.02 Å². The van der Waals surface area contributed by atoms with Gasteiger partial charge in [0.15, 0.2) is 0 Å². The van der Waals surface area contributed by atoms with E-state index in [-0.39, 0.29) is 10.9 Å². The Balaban J connectivity index is 2.37. The molecule has 0 atom stereocenters. The van der Waals surface area contributed by atoms with Gasteiger partial charge in [-0.3, -0.25) is 4.79 Å². The maximum atomic E-state index is 12.8. The highest BCUT2D eigenvalue weighted by molar-refractivity contribution is 7.80. The number of carbonyl (C=O) groups is 1. The number of halogens is 2. The molecule has 1 N–H and O–H groups in total. The number of hydrogen-bond donors (Lipinski definition) is 2. The van der Waals surface area contributed by atoms with Gasteiger partial charge in [-0.15, -0.1) is 0 Å². The van der Waals surface area contributed by atoms with Gasteiger partial charge >= 0.3 is 0 Å². The summed E-state index contributed by atoms with van der Waals surface area (Å²) in [5.41, 5.74) is 0.901. The highest BCUT2D eigenvalue weighted by Crippen LogP contribution is 2.15. The van der Waals surface area contributed by atoms with Gasteiger partial charge in [-0.1, -0.05) is 17.7 Å². The minimum absolute atomic E-state index is 0.0248. The molecule has 1 rings (SSSR count). The summed E-state index contributed by atoms with van der Waals surface area (Å²) >= 11 is 9.59. The first-order valence-electron chi connectivity index (χ1n) is 4.95. The van der Waals surface area contributed by atoms with Crippen molar-refractivity contribution in [2.45, 2.75) is 12.8 Å². The zero-order valence-corrected chi connectivity index (χ0v) is 10.3. The van der Waals surface area contributed by atoms with Crippen molar-refractivity contribution in [3.8, 4) is 0 Å². The van der Waals surface area contributed by atoms with Crippen LogP contribution in [0.15, 0.2) is 18.2 Å². The van der Waals surface area contributed by atoms with Crippen molar-refractivity contribution < 1.29 is 9.18 Å². The Morgan fingerprint density at radius 2 is 2.25 bits per heavy atom. The normalized spacial score (nSPS) is 10.2. The van der Waals surface area contributed by atoms with Gasteiger partial charge in [0.25, 0.3) is 0 Å². The average molecular weight is 262 g/mol. The molecule has 1 aromatic carbocycles. The number of amides is 1. The number of thiol groups is 1. The second-order valence-electron chi connectivity index (χ2n) is 3.32. The largest absolute Gasteiger partial charge is 0.356 e. The van der Waals surface area contributed by atoms with E-state index in [2.05, 4.69) is 17.9 Å². The van der Waals surface area contributed by atoms with Crippen LogP contribution in [0.3, 0.4) is 0 Å². The minimum atomic E-state index is -0.426. The predicted molar refractivity (Wildman–Crippen MR) is 66.6 cm³/mol. The number of carbonyl (C=O) groups excluding carboxylic acids is 1. The second-order valence-corrected chi connectivity index (χ2v) is 4.18. The van der Waals surface area contributed by atoms with Gasteiger partial charge in [-0.25, -0.2) is 4.39 Å². The van der Waals surface area contributed by atoms with Crippen molar-refractivity contribution in [3.05, 3.63) is 34.6 Å². The third kappa shape index (κ3) is 4.41. The molecule has 0 unspecified atom stereocenters. The van der Waals surface area contributed by atoms with E-state index in [0.29, 0.717) is 25.1 Å². The van der Waals surface area contributed by atoms with Crippen LogP contribution in [0.4, 0.5) is 4.39 Å². The van der Waals surface area contributed by atoms with Gasteiger partial charge in [-0.05, 0) is 29.9 Å². The highest BCUT2D eigenvalue weighted by Gasteiger charge is 2.02. The van der Waals surface area contributed by atoms with Crippen LogP contribution in [0.5, 0.6) is 0 Å². The summed E-state index contributed by atoms with van der Waals surface area (Å²) in [4.78, 5) is 11.1. The second kappa shape index (κ2) is 6.76. The van der Waals surface area contributed by atoms with Crippen LogP contribution in [0.1, 0.15) is 12.0 Å². The molecule has 5 heteroatoms. The maximum Gasteiger partial charge on any atom is 0.220 e. The summed E-state index contributed by atoms with van der Waals surface area (Å²) in [5, 5.41) is 2.85. The monoisotopic (exact) mass is 261 g/mol. The Hall–Kier alpha value is -0.740. The number of nitrogens with one attached hydrogen (secondary N) is 1. The lowest BCUT2D eigenvalue weighted by Gasteiger charge is -2.05. The molecule has 0 heterocycles. The van der Waals surface area contributed by atoms with Crippen molar-refractivity contribution >= 4 is 30.1 Å². The van der Waals surface area contributed by atoms with Crippen molar-refractivity contribution in [2.75, 3.05) is 12.3 Å². The molecule has 1 amide bonds. The Morgan fingerprint density at radius 1 is 1.50 bits per heavy atom. The minimum Gasteiger partial charge on any atom is -0.356 e. The molecule has 2 nitrogen and oxygen atoms in total. The van der Waals surface area contributed by atoms with E-state index in [4.69, 9.17) is 11.6 Å². The first-order valence-corrected chi connectivity index (χ1v) is 5.96. The lowest BCUT2D eigenvalue weighted by molar-refractivity contribution is -0.120. The fraction of sp³-hybridized carbons (Fsp3) is 0.364. The van der Waals surface area contributed by atoms with Gasteiger partial charge in [-0.2, -0.15) is 12.6 Å². The van der Waals surface area contributed by atoms with E-state index >= 15 is 0 Å². The standard InChI is InChI=1S/C11H13ClFNOS/c12-9-7-8(1-2-10(9)13)3-5-14-11(15)4-6-16/h1-2,7,16H,3-6H2,(H,14,15). The van der Waals surface area contributed by atoms with Gasteiger partial charge < -0.3 is 5.32 Å². The van der Waals surface area contributed by atoms with Crippen LogP contribution >= 0.6 is 24.2 Å². The Labute approximate surface area is 105 Å². The molecule has 16 heavy (non-hydrogen) atoms. The quantitative estimate of drug-likeness (QED) is 0.784. The zero-order chi connectivity index (χ0) is 12.0. The van der Waals surface area contributed by atoms with E-state index in [9.17, 15) is 9.18 Å². The Bertz CT molecular complexity index is 373. The topological polar surface area (TPSA) is 29.1 Å². The summed E-state index contributed by atoms with van der Waals surface area (Å²) < 4.78 is 12.8. The van der Waals surface area contributed by atoms with E-state index in [1.54, 1.807) is 12.1 Å². The lowest BCUT2D eigenvalue weighted by Crippen LogP contribution is -2.25. The van der Waals surface area contributed by atoms with Crippen LogP contribution in [-0.2, 0) is 11.2 Å². The summed E-state index contributed by atoms with van der Waals surface area (Å²) in [7, 11) is 0. The van der Waals surface area contributed by atoms with E-state index in [1.807, 2.05) is 0 Å². The summed E-state index contributed by atoms with van der Waals surface area (Å²) in [5.74, 6) is 0.0848. The fourth-order valence-electron chi connectivity index (χ4n) is 1.23. The molecule has 0 saturated carbocycles. The van der Waals surface area contributed by atoms with Crippen molar-refractivity contribution in [1.29, 1.82) is 0 Å². The van der Waals surface area contributed by atoms with Crippen molar-refractivity contribution in [2.24, 2.45) is 0 Å². The molecular weight excluding hydrogens is 249 g/mol. The maximum absolute atomic E-state index is 12.8. The molecule has 0 aliphatic heterocycles. The summed E-state index contributed by atoms with van der Waals surface area (Å²) in [6.45, 7) is 0.522. The third-order valence-corrected chi connectivity index (χ3v) is 2.57. The van der Waals surface area contributed by atoms with Gasteiger partial charge in [0, 0.05) is 13.0 Å². The average Bonchev–Trinajstić information content (AvgIpc) is 2.24. The van der Waals surface area contributed by atoms with E-state index < -0.39 is 5.82 Å². The first kappa shape index (κ1) is 13.3. The highest BCUT2D eigenvalue weighted by atomic mass is 35.5. The molecular formula is C11H13ClFNOS. The Morgan fingerprint density at radius 3 is 2.88 bits per heavy atom. The van der Waals surface area contributed by atoms with Crippen LogP contribution in [-0.4, -0.2) is 18.2 Å². The molecule has 0 aliphatic rings. The fourth-order valence-corrected chi connectivity index (χ4v) is 1.64. The third-order valence-electron chi connectivity index (χ3n) is 2.06. The van der Waals surface area contributed by atoms with E-state index in [1.165, 1.54) is 6.07 Å². The lowest BCUT2D eigenvalue weighted by atomic mass is 10.1. The SMILES string of the molecule is O=C(CCS)NCCc1ccc(F)c(Cl)c1. The molecule has 88 valence electrons. The number of rotatable bonds is 5. The number of benzene rings is 1. The molecule has 0 saturated heterocycles. The summed E-state index contributed by atoms with van der Waals surface area (Å²) in [6.07, 6.45) is 1.05. The van der Waals surface area contributed by atoms with Crippen LogP contribution in [0.25, 0.3) is 0 Å². The first-order chi connectivity index (χ1) is 7.63. The Kier molecular flexibility index (Phi) is 5.63. The van der Waals surface area contributed by atoms with Gasteiger partial charge in [0.2, 0.25) is 5.91 Å². The van der Waals surface area contributed by atoms with E-state index in [0.717, 1.165) is 5.56 Å². The molecule has 0 aliphatic carbocycles. The molecule has 0 spiro atoms. The zero-order valence-electron chi connectivity index (χ0n) is 8.67. The van der Waals surface area contributed by atoms with Crippen LogP contribution in [0, 0.1) is 5.82 Å².